The van der Waals surface area contributed by atoms with Crippen LogP contribution in [-0.4, -0.2) is 28.2 Å². The Morgan fingerprint density at radius 3 is 2.92 bits per heavy atom. The minimum absolute atomic E-state index is 0.0986. The van der Waals surface area contributed by atoms with Crippen LogP contribution in [0, 0.1) is 10.9 Å². The Morgan fingerprint density at radius 2 is 2.19 bits per heavy atom. The molecule has 0 bridgehead atoms. The number of aromatic nitrogens is 1. The molecule has 0 aliphatic carbocycles. The molecule has 1 aromatic heterocycles. The molecule has 6 nitrogen and oxygen atoms in total. The average molecular weight is 390 g/mol. The van der Waals surface area contributed by atoms with Crippen molar-refractivity contribution in [3.63, 3.8) is 0 Å². The van der Waals surface area contributed by atoms with Gasteiger partial charge in [0, 0.05) is 11.8 Å². The van der Waals surface area contributed by atoms with E-state index in [2.05, 4.69) is 4.99 Å². The summed E-state index contributed by atoms with van der Waals surface area (Å²) in [7, 11) is 0. The number of carbonyl (C=O) groups excluding carboxylic acids is 2. The average Bonchev–Trinajstić information content (AvgIpc) is 3.08. The molecule has 0 atom stereocenters. The number of esters is 1. The van der Waals surface area contributed by atoms with Gasteiger partial charge in [0.05, 0.1) is 24.0 Å². The zero-order chi connectivity index (χ0) is 18.8. The third-order valence-electron chi connectivity index (χ3n) is 4.04. The third-order valence-corrected chi connectivity index (χ3v) is 5.49. The second-order valence-corrected chi connectivity index (χ2v) is 7.55. The largest absolute Gasteiger partial charge is 0.493 e. The molecule has 2 heterocycles. The van der Waals surface area contributed by atoms with Crippen molar-refractivity contribution < 1.29 is 19.4 Å². The van der Waals surface area contributed by atoms with Gasteiger partial charge in [0.15, 0.2) is 3.95 Å². The minimum Gasteiger partial charge on any atom is -0.493 e. The van der Waals surface area contributed by atoms with Crippen LogP contribution in [0.2, 0.25) is 0 Å². The normalized spacial score (nSPS) is 12.8. The summed E-state index contributed by atoms with van der Waals surface area (Å²) < 4.78 is 6.88. The molecular formula is C18H18N2O4S2. The van der Waals surface area contributed by atoms with E-state index in [1.165, 1.54) is 4.57 Å². The summed E-state index contributed by atoms with van der Waals surface area (Å²) in [6.45, 7) is 4.37. The second kappa shape index (κ2) is 7.51. The van der Waals surface area contributed by atoms with Crippen LogP contribution < -0.4 is 10.6 Å². The fraction of sp³-hybridized carbons (Fsp3) is 0.333. The lowest BCUT2D eigenvalue weighted by Gasteiger charge is -2.06. The van der Waals surface area contributed by atoms with Gasteiger partial charge in [-0.05, 0) is 31.1 Å². The number of para-hydroxylation sites is 1. The van der Waals surface area contributed by atoms with Crippen LogP contribution in [0.4, 0.5) is 0 Å². The van der Waals surface area contributed by atoms with Crippen molar-refractivity contribution in [1.82, 2.24) is 4.57 Å². The maximum Gasteiger partial charge on any atom is 0.307 e. The van der Waals surface area contributed by atoms with Crippen molar-refractivity contribution in [3.8, 4) is 5.88 Å². The zero-order valence-electron chi connectivity index (χ0n) is 14.4. The fourth-order valence-corrected chi connectivity index (χ4v) is 4.14. The van der Waals surface area contributed by atoms with E-state index in [9.17, 15) is 14.7 Å². The number of fused-ring (bicyclic) bond motifs is 1. The monoisotopic (exact) mass is 390 g/mol. The van der Waals surface area contributed by atoms with E-state index < -0.39 is 5.91 Å². The fourth-order valence-electron chi connectivity index (χ4n) is 2.75. The maximum absolute atomic E-state index is 12.4. The van der Waals surface area contributed by atoms with E-state index in [1.54, 1.807) is 6.07 Å². The van der Waals surface area contributed by atoms with Gasteiger partial charge in [0.25, 0.3) is 5.91 Å². The van der Waals surface area contributed by atoms with Crippen molar-refractivity contribution >= 4 is 41.0 Å². The van der Waals surface area contributed by atoms with Gasteiger partial charge in [0.2, 0.25) is 5.88 Å². The molecule has 0 spiro atoms. The highest BCUT2D eigenvalue weighted by atomic mass is 32.1. The van der Waals surface area contributed by atoms with Gasteiger partial charge in [-0.2, -0.15) is 0 Å². The molecule has 1 N–H and O–H groups in total. The Hall–Kier alpha value is -2.32. The molecule has 0 fully saturated rings. The van der Waals surface area contributed by atoms with Crippen molar-refractivity contribution in [2.75, 3.05) is 6.61 Å². The number of thiazole rings is 1. The quantitative estimate of drug-likeness (QED) is 0.603. The molecule has 1 aliphatic rings. The second-order valence-electron chi connectivity index (χ2n) is 5.91. The highest BCUT2D eigenvalue weighted by Crippen LogP contribution is 2.32. The number of hydrogen-bond acceptors (Lipinski definition) is 6. The minimum atomic E-state index is -0.393. The van der Waals surface area contributed by atoms with Crippen molar-refractivity contribution in [3.05, 3.63) is 43.2 Å². The van der Waals surface area contributed by atoms with Crippen LogP contribution in [0.25, 0.3) is 5.57 Å². The van der Waals surface area contributed by atoms with E-state index in [0.29, 0.717) is 31.6 Å². The first kappa shape index (κ1) is 18.5. The third kappa shape index (κ3) is 3.34. The summed E-state index contributed by atoms with van der Waals surface area (Å²) in [5, 5.41) is 11.9. The van der Waals surface area contributed by atoms with E-state index in [-0.39, 0.29) is 24.8 Å². The first-order valence-electron chi connectivity index (χ1n) is 8.25. The van der Waals surface area contributed by atoms with Crippen molar-refractivity contribution in [1.29, 1.82) is 0 Å². The molecule has 0 radical (unpaired) electrons. The predicted molar refractivity (Wildman–Crippen MR) is 100 cm³/mol. The molecule has 0 saturated heterocycles. The van der Waals surface area contributed by atoms with Gasteiger partial charge in [-0.15, -0.1) is 11.3 Å². The molecule has 1 amide bonds. The smallest absolute Gasteiger partial charge is 0.307 e. The molecule has 1 aromatic carbocycles. The summed E-state index contributed by atoms with van der Waals surface area (Å²) in [6, 6.07) is 5.54. The summed E-state index contributed by atoms with van der Waals surface area (Å²) in [6.07, 6.45) is 0.850. The van der Waals surface area contributed by atoms with Gasteiger partial charge in [-0.25, -0.2) is 4.99 Å². The molecule has 2 aromatic rings. The lowest BCUT2D eigenvalue weighted by molar-refractivity contribution is -0.143. The zero-order valence-corrected chi connectivity index (χ0v) is 16.1. The number of benzene rings is 1. The number of hydrogen-bond donors (Lipinski definition) is 1. The van der Waals surface area contributed by atoms with Gasteiger partial charge >= 0.3 is 5.97 Å². The molecule has 0 unspecified atom stereocenters. The Bertz CT molecular complexity index is 1070. The highest BCUT2D eigenvalue weighted by molar-refractivity contribution is 7.73. The number of carbonyl (C=O) groups is 2. The van der Waals surface area contributed by atoms with Crippen LogP contribution in [0.1, 0.15) is 30.2 Å². The summed E-state index contributed by atoms with van der Waals surface area (Å²) >= 11 is 6.45. The highest BCUT2D eigenvalue weighted by Gasteiger charge is 2.25. The van der Waals surface area contributed by atoms with Crippen LogP contribution in [0.5, 0.6) is 5.88 Å². The topological polar surface area (TPSA) is 80.9 Å². The first-order valence-corrected chi connectivity index (χ1v) is 9.48. The Morgan fingerprint density at radius 1 is 1.42 bits per heavy atom. The summed E-state index contributed by atoms with van der Waals surface area (Å²) in [5.74, 6) is -0.854. The predicted octanol–water partition coefficient (Wildman–Crippen LogP) is 2.00. The van der Waals surface area contributed by atoms with Crippen LogP contribution in [0.15, 0.2) is 23.2 Å². The van der Waals surface area contributed by atoms with Gasteiger partial charge in [-0.3, -0.25) is 14.2 Å². The van der Waals surface area contributed by atoms with Gasteiger partial charge in [-0.1, -0.05) is 25.1 Å². The molecular weight excluding hydrogens is 372 g/mol. The van der Waals surface area contributed by atoms with E-state index >= 15 is 0 Å². The Kier molecular flexibility index (Phi) is 5.33. The molecule has 136 valence electrons. The number of amides is 1. The number of aryl methyl sites for hydroxylation is 1. The number of ether oxygens (including phenoxy) is 1. The SMILES string of the molecule is CCCOC(=O)CCn1c(O)c(C2=c3cccc(C)c3=NC2=O)sc1=S. The van der Waals surface area contributed by atoms with Crippen LogP contribution in [-0.2, 0) is 20.9 Å². The summed E-state index contributed by atoms with van der Waals surface area (Å²) in [4.78, 5) is 28.6. The van der Waals surface area contributed by atoms with Gasteiger partial charge < -0.3 is 9.84 Å². The van der Waals surface area contributed by atoms with Gasteiger partial charge in [0.1, 0.15) is 4.88 Å². The van der Waals surface area contributed by atoms with E-state index in [0.717, 1.165) is 23.3 Å². The Labute approximate surface area is 159 Å². The Balaban J connectivity index is 1.98. The van der Waals surface area contributed by atoms with Crippen LogP contribution >= 0.6 is 23.6 Å². The number of aromatic hydroxyl groups is 1. The number of nitrogens with zero attached hydrogens (tertiary/aromatic N) is 2. The molecule has 0 saturated carbocycles. The van der Waals surface area contributed by atoms with Crippen molar-refractivity contribution in [2.24, 2.45) is 4.99 Å². The van der Waals surface area contributed by atoms with E-state index in [4.69, 9.17) is 17.0 Å². The number of rotatable bonds is 6. The molecule has 1 aliphatic heterocycles. The molecule has 26 heavy (non-hydrogen) atoms. The van der Waals surface area contributed by atoms with Crippen LogP contribution in [0.3, 0.4) is 0 Å². The van der Waals surface area contributed by atoms with E-state index in [1.807, 2.05) is 26.0 Å². The maximum atomic E-state index is 12.4. The lowest BCUT2D eigenvalue weighted by Crippen LogP contribution is -2.25. The molecule has 8 heteroatoms. The first-order chi connectivity index (χ1) is 12.4. The molecule has 3 rings (SSSR count). The van der Waals surface area contributed by atoms with Crippen molar-refractivity contribution in [2.45, 2.75) is 33.2 Å². The lowest BCUT2D eigenvalue weighted by atomic mass is 10.1. The standard InChI is InChI=1S/C18H18N2O4S2/c1-3-9-24-12(21)7-8-20-17(23)15(26-18(20)25)13-11-6-4-5-10(2)14(11)19-16(13)22/h4-6,23H,3,7-9H2,1-2H3. The summed E-state index contributed by atoms with van der Waals surface area (Å²) in [5.41, 5.74) is 1.25.